The molecule has 1 amide bonds. The number of carbonyl (C=O) groups excluding carboxylic acids is 1. The van der Waals surface area contributed by atoms with Crippen LogP contribution < -0.4 is 14.8 Å². The van der Waals surface area contributed by atoms with E-state index in [0.29, 0.717) is 35.9 Å². The Morgan fingerprint density at radius 2 is 1.94 bits per heavy atom. The van der Waals surface area contributed by atoms with Gasteiger partial charge in [-0.05, 0) is 36.8 Å². The van der Waals surface area contributed by atoms with Crippen LogP contribution in [-0.4, -0.2) is 36.6 Å². The predicted octanol–water partition coefficient (Wildman–Crippen LogP) is 4.66. The number of aryl methyl sites for hydroxylation is 1. The first-order chi connectivity index (χ1) is 15.1. The number of thiophene rings is 1. The fraction of sp³-hybridized carbons (Fsp3) is 0.208. The van der Waals surface area contributed by atoms with Crippen molar-refractivity contribution in [3.8, 4) is 22.8 Å². The number of fused-ring (bicyclic) bond motifs is 1. The van der Waals surface area contributed by atoms with Crippen LogP contribution in [-0.2, 0) is 6.42 Å². The number of nitrogens with zero attached hydrogens (tertiary/aromatic N) is 2. The van der Waals surface area contributed by atoms with Crippen LogP contribution in [0.1, 0.15) is 21.7 Å². The molecule has 2 aromatic heterocycles. The second-order valence-corrected chi connectivity index (χ2v) is 7.91. The molecule has 2 aromatic carbocycles. The Labute approximate surface area is 184 Å². The van der Waals surface area contributed by atoms with Gasteiger partial charge in [0.25, 0.3) is 5.91 Å². The number of carbonyl (C=O) groups is 1. The van der Waals surface area contributed by atoms with Gasteiger partial charge in [-0.15, -0.1) is 11.3 Å². The van der Waals surface area contributed by atoms with Gasteiger partial charge in [0.1, 0.15) is 5.82 Å². The summed E-state index contributed by atoms with van der Waals surface area (Å²) in [5.74, 6) is 1.61. The van der Waals surface area contributed by atoms with Crippen molar-refractivity contribution >= 4 is 27.3 Å². The predicted molar refractivity (Wildman–Crippen MR) is 123 cm³/mol. The van der Waals surface area contributed by atoms with E-state index in [4.69, 9.17) is 14.5 Å². The average Bonchev–Trinajstić information content (AvgIpc) is 3.24. The third-order valence-corrected chi connectivity index (χ3v) is 6.19. The van der Waals surface area contributed by atoms with E-state index in [1.165, 1.54) is 15.6 Å². The van der Waals surface area contributed by atoms with Gasteiger partial charge in [0.2, 0.25) is 0 Å². The number of nitrogens with one attached hydrogen (secondary N) is 1. The van der Waals surface area contributed by atoms with Crippen LogP contribution in [0.2, 0.25) is 0 Å². The topological polar surface area (TPSA) is 73.3 Å². The first-order valence-electron chi connectivity index (χ1n) is 9.90. The normalized spacial score (nSPS) is 10.8. The molecule has 0 fully saturated rings. The van der Waals surface area contributed by atoms with Crippen molar-refractivity contribution in [3.63, 3.8) is 0 Å². The second kappa shape index (κ2) is 9.14. The molecule has 0 aliphatic rings. The third-order valence-electron chi connectivity index (χ3n) is 5.06. The Kier molecular flexibility index (Phi) is 6.13. The molecule has 1 N–H and O–H groups in total. The molecule has 2 heterocycles. The number of hydrogen-bond donors (Lipinski definition) is 1. The summed E-state index contributed by atoms with van der Waals surface area (Å²) in [5, 5.41) is 6.26. The van der Waals surface area contributed by atoms with Crippen molar-refractivity contribution in [1.82, 2.24) is 15.3 Å². The lowest BCUT2D eigenvalue weighted by Gasteiger charge is -2.10. The molecular formula is C24H23N3O3S. The minimum Gasteiger partial charge on any atom is -0.493 e. The Bertz CT molecular complexity index is 1240. The van der Waals surface area contributed by atoms with Gasteiger partial charge in [-0.25, -0.2) is 9.97 Å². The van der Waals surface area contributed by atoms with Gasteiger partial charge in [0.05, 0.1) is 19.9 Å². The molecule has 0 unspecified atom stereocenters. The highest BCUT2D eigenvalue weighted by atomic mass is 32.1. The van der Waals surface area contributed by atoms with Gasteiger partial charge in [0.15, 0.2) is 11.5 Å². The zero-order valence-corrected chi connectivity index (χ0v) is 18.5. The van der Waals surface area contributed by atoms with Crippen LogP contribution in [0, 0.1) is 6.92 Å². The Morgan fingerprint density at radius 1 is 1.10 bits per heavy atom. The Balaban J connectivity index is 1.44. The first kappa shape index (κ1) is 20.8. The van der Waals surface area contributed by atoms with E-state index in [9.17, 15) is 4.79 Å². The first-order valence-corrected chi connectivity index (χ1v) is 10.8. The van der Waals surface area contributed by atoms with E-state index < -0.39 is 0 Å². The lowest BCUT2D eigenvalue weighted by Crippen LogP contribution is -2.26. The molecule has 0 saturated heterocycles. The highest BCUT2D eigenvalue weighted by molar-refractivity contribution is 7.18. The maximum atomic E-state index is 12.5. The van der Waals surface area contributed by atoms with Gasteiger partial charge in [-0.2, -0.15) is 0 Å². The van der Waals surface area contributed by atoms with Crippen LogP contribution in [0.15, 0.2) is 54.0 Å². The van der Waals surface area contributed by atoms with Crippen molar-refractivity contribution < 1.29 is 14.3 Å². The summed E-state index contributed by atoms with van der Waals surface area (Å²) < 4.78 is 11.8. The van der Waals surface area contributed by atoms with E-state index in [1.807, 2.05) is 6.07 Å². The van der Waals surface area contributed by atoms with Crippen molar-refractivity contribution in [2.75, 3.05) is 20.8 Å². The SMILES string of the molecule is COc1ccc(C(=O)NCCc2nccc(-c3csc4c(C)cccc34)n2)cc1OC. The Hall–Kier alpha value is -3.45. The van der Waals surface area contributed by atoms with Crippen LogP contribution in [0.4, 0.5) is 0 Å². The maximum absolute atomic E-state index is 12.5. The molecule has 0 radical (unpaired) electrons. The highest BCUT2D eigenvalue weighted by Crippen LogP contribution is 2.34. The summed E-state index contributed by atoms with van der Waals surface area (Å²) in [6, 6.07) is 13.3. The van der Waals surface area contributed by atoms with Crippen molar-refractivity contribution in [1.29, 1.82) is 0 Å². The summed E-state index contributed by atoms with van der Waals surface area (Å²) in [6.07, 6.45) is 2.31. The number of benzene rings is 2. The van der Waals surface area contributed by atoms with Crippen molar-refractivity contribution in [3.05, 3.63) is 71.0 Å². The monoisotopic (exact) mass is 433 g/mol. The zero-order valence-electron chi connectivity index (χ0n) is 17.6. The maximum Gasteiger partial charge on any atom is 0.251 e. The van der Waals surface area contributed by atoms with E-state index in [-0.39, 0.29) is 5.91 Å². The van der Waals surface area contributed by atoms with Crippen LogP contribution in [0.5, 0.6) is 11.5 Å². The molecule has 6 nitrogen and oxygen atoms in total. The van der Waals surface area contributed by atoms with Crippen molar-refractivity contribution in [2.24, 2.45) is 0 Å². The van der Waals surface area contributed by atoms with E-state index in [1.54, 1.807) is 50.0 Å². The van der Waals surface area contributed by atoms with Gasteiger partial charge in [-0.3, -0.25) is 4.79 Å². The lowest BCUT2D eigenvalue weighted by atomic mass is 10.1. The third kappa shape index (κ3) is 4.36. The number of rotatable bonds is 7. The molecule has 0 saturated carbocycles. The fourth-order valence-electron chi connectivity index (χ4n) is 3.44. The molecule has 4 aromatic rings. The quantitative estimate of drug-likeness (QED) is 0.459. The molecule has 4 rings (SSSR count). The van der Waals surface area contributed by atoms with E-state index in [2.05, 4.69) is 40.8 Å². The molecule has 0 atom stereocenters. The number of ether oxygens (including phenoxy) is 2. The molecule has 0 aliphatic heterocycles. The Morgan fingerprint density at radius 3 is 2.74 bits per heavy atom. The molecular weight excluding hydrogens is 410 g/mol. The number of aromatic nitrogens is 2. The minimum absolute atomic E-state index is 0.184. The molecule has 158 valence electrons. The molecule has 0 spiro atoms. The van der Waals surface area contributed by atoms with Gasteiger partial charge >= 0.3 is 0 Å². The van der Waals surface area contributed by atoms with Gasteiger partial charge < -0.3 is 14.8 Å². The van der Waals surface area contributed by atoms with Gasteiger partial charge in [0, 0.05) is 45.8 Å². The summed E-state index contributed by atoms with van der Waals surface area (Å²) in [6.45, 7) is 2.55. The van der Waals surface area contributed by atoms with Crippen LogP contribution in [0.25, 0.3) is 21.3 Å². The molecule has 0 aliphatic carbocycles. The summed E-state index contributed by atoms with van der Waals surface area (Å²) >= 11 is 1.73. The summed E-state index contributed by atoms with van der Waals surface area (Å²) in [4.78, 5) is 21.6. The smallest absolute Gasteiger partial charge is 0.251 e. The number of methoxy groups -OCH3 is 2. The molecule has 31 heavy (non-hydrogen) atoms. The van der Waals surface area contributed by atoms with E-state index in [0.717, 1.165) is 11.3 Å². The van der Waals surface area contributed by atoms with Crippen LogP contribution >= 0.6 is 11.3 Å². The minimum atomic E-state index is -0.184. The molecule has 0 bridgehead atoms. The zero-order chi connectivity index (χ0) is 21.8. The van der Waals surface area contributed by atoms with Crippen LogP contribution in [0.3, 0.4) is 0 Å². The summed E-state index contributed by atoms with van der Waals surface area (Å²) in [7, 11) is 3.10. The lowest BCUT2D eigenvalue weighted by molar-refractivity contribution is 0.0953. The average molecular weight is 434 g/mol. The fourth-order valence-corrected chi connectivity index (χ4v) is 4.48. The number of hydrogen-bond acceptors (Lipinski definition) is 6. The standard InChI is InChI=1S/C24H23N3O3S/c1-15-5-4-6-17-18(14-31-23(15)17)19-9-11-25-22(27-19)10-12-26-24(28)16-7-8-20(29-2)21(13-16)30-3/h4-9,11,13-14H,10,12H2,1-3H3,(H,26,28). The largest absolute Gasteiger partial charge is 0.493 e. The number of amides is 1. The highest BCUT2D eigenvalue weighted by Gasteiger charge is 2.12. The second-order valence-electron chi connectivity index (χ2n) is 7.03. The van der Waals surface area contributed by atoms with Gasteiger partial charge in [-0.1, -0.05) is 18.2 Å². The summed E-state index contributed by atoms with van der Waals surface area (Å²) in [5.41, 5.74) is 3.78. The van der Waals surface area contributed by atoms with Crippen molar-refractivity contribution in [2.45, 2.75) is 13.3 Å². The van der Waals surface area contributed by atoms with E-state index >= 15 is 0 Å². The molecule has 7 heteroatoms.